The van der Waals surface area contributed by atoms with Gasteiger partial charge in [0, 0.05) is 16.6 Å². The molecule has 0 saturated carbocycles. The average molecular weight is 309 g/mol. The summed E-state index contributed by atoms with van der Waals surface area (Å²) in [5, 5.41) is 9.36. The highest BCUT2D eigenvalue weighted by Gasteiger charge is 2.30. The Morgan fingerprint density at radius 3 is 2.95 bits per heavy atom. The number of carboxylic acids is 1. The second-order valence-electron chi connectivity index (χ2n) is 4.71. The SMILES string of the molecule is O=C(O)C1CN(C(=O)c2cc3c(F)cccc3s2)CCO1. The number of ether oxygens (including phenoxy) is 1. The van der Waals surface area contributed by atoms with Gasteiger partial charge in [-0.1, -0.05) is 6.07 Å². The number of fused-ring (bicyclic) bond motifs is 1. The molecule has 1 aromatic carbocycles. The minimum absolute atomic E-state index is 0.00486. The fourth-order valence-electron chi connectivity index (χ4n) is 2.27. The van der Waals surface area contributed by atoms with Crippen LogP contribution in [0.1, 0.15) is 9.67 Å². The van der Waals surface area contributed by atoms with Crippen molar-refractivity contribution < 1.29 is 23.8 Å². The zero-order valence-corrected chi connectivity index (χ0v) is 11.7. The van der Waals surface area contributed by atoms with Gasteiger partial charge in [0.05, 0.1) is 18.0 Å². The van der Waals surface area contributed by atoms with E-state index in [1.54, 1.807) is 12.1 Å². The van der Waals surface area contributed by atoms with E-state index >= 15 is 0 Å². The maximum atomic E-state index is 13.7. The maximum Gasteiger partial charge on any atom is 0.334 e. The Hall–Kier alpha value is -1.99. The van der Waals surface area contributed by atoms with Crippen LogP contribution in [0.25, 0.3) is 10.1 Å². The predicted molar refractivity (Wildman–Crippen MR) is 75.1 cm³/mol. The van der Waals surface area contributed by atoms with E-state index < -0.39 is 12.1 Å². The number of carbonyl (C=O) groups is 2. The fraction of sp³-hybridized carbons (Fsp3) is 0.286. The summed E-state index contributed by atoms with van der Waals surface area (Å²) in [5.41, 5.74) is 0. The zero-order valence-electron chi connectivity index (χ0n) is 10.9. The molecule has 1 unspecified atom stereocenters. The van der Waals surface area contributed by atoms with Gasteiger partial charge in [-0.15, -0.1) is 11.3 Å². The summed E-state index contributed by atoms with van der Waals surface area (Å²) in [6.07, 6.45) is -1.01. The average Bonchev–Trinajstić information content (AvgIpc) is 2.92. The van der Waals surface area contributed by atoms with Gasteiger partial charge >= 0.3 is 5.97 Å². The summed E-state index contributed by atoms with van der Waals surface area (Å²) < 4.78 is 19.4. The number of carbonyl (C=O) groups excluding carboxylic acids is 1. The number of morpholine rings is 1. The van der Waals surface area contributed by atoms with Gasteiger partial charge in [0.1, 0.15) is 5.82 Å². The van der Waals surface area contributed by atoms with Gasteiger partial charge < -0.3 is 14.7 Å². The number of amides is 1. The Kier molecular flexibility index (Phi) is 3.60. The Balaban J connectivity index is 1.86. The summed E-state index contributed by atoms with van der Waals surface area (Å²) in [5.74, 6) is -1.74. The van der Waals surface area contributed by atoms with Gasteiger partial charge in [0.25, 0.3) is 5.91 Å². The highest BCUT2D eigenvalue weighted by molar-refractivity contribution is 7.20. The molecule has 1 aliphatic heterocycles. The highest BCUT2D eigenvalue weighted by atomic mass is 32.1. The number of benzene rings is 1. The molecule has 0 spiro atoms. The Labute approximate surface area is 123 Å². The molecule has 7 heteroatoms. The second-order valence-corrected chi connectivity index (χ2v) is 5.79. The summed E-state index contributed by atoms with van der Waals surface area (Å²) in [6, 6.07) is 6.21. The number of aliphatic carboxylic acids is 1. The van der Waals surface area contributed by atoms with Crippen LogP contribution in [0.15, 0.2) is 24.3 Å². The lowest BCUT2D eigenvalue weighted by atomic mass is 10.2. The highest BCUT2D eigenvalue weighted by Crippen LogP contribution is 2.28. The van der Waals surface area contributed by atoms with E-state index in [2.05, 4.69) is 0 Å². The first-order valence-corrected chi connectivity index (χ1v) is 7.19. The first-order valence-electron chi connectivity index (χ1n) is 6.38. The quantitative estimate of drug-likeness (QED) is 0.921. The van der Waals surface area contributed by atoms with Crippen molar-refractivity contribution in [1.82, 2.24) is 4.90 Å². The number of hydrogen-bond acceptors (Lipinski definition) is 4. The molecule has 1 aliphatic rings. The molecule has 0 radical (unpaired) electrons. The smallest absolute Gasteiger partial charge is 0.334 e. The van der Waals surface area contributed by atoms with Crippen molar-refractivity contribution in [3.05, 3.63) is 35.0 Å². The van der Waals surface area contributed by atoms with Crippen LogP contribution in [0.3, 0.4) is 0 Å². The number of hydrogen-bond donors (Lipinski definition) is 1. The van der Waals surface area contributed by atoms with Crippen LogP contribution in [-0.4, -0.2) is 47.7 Å². The van der Waals surface area contributed by atoms with Crippen molar-refractivity contribution in [2.75, 3.05) is 19.7 Å². The molecule has 1 amide bonds. The molecule has 110 valence electrons. The molecule has 1 N–H and O–H groups in total. The molecule has 3 rings (SSSR count). The van der Waals surface area contributed by atoms with E-state index in [1.165, 1.54) is 28.4 Å². The molecule has 5 nitrogen and oxygen atoms in total. The first kappa shape index (κ1) is 14.0. The molecule has 1 saturated heterocycles. The van der Waals surface area contributed by atoms with Crippen LogP contribution in [0.4, 0.5) is 4.39 Å². The summed E-state index contributed by atoms with van der Waals surface area (Å²) >= 11 is 1.20. The van der Waals surface area contributed by atoms with Crippen LogP contribution in [0, 0.1) is 5.82 Å². The number of carboxylic acid groups (broad SMARTS) is 1. The third-order valence-electron chi connectivity index (χ3n) is 3.35. The number of rotatable bonds is 2. The number of halogens is 1. The molecule has 1 fully saturated rings. The predicted octanol–water partition coefficient (Wildman–Crippen LogP) is 1.97. The number of thiophene rings is 1. The second kappa shape index (κ2) is 5.42. The maximum absolute atomic E-state index is 13.7. The van der Waals surface area contributed by atoms with Gasteiger partial charge in [-0.3, -0.25) is 4.79 Å². The van der Waals surface area contributed by atoms with Crippen molar-refractivity contribution in [1.29, 1.82) is 0 Å². The summed E-state index contributed by atoms with van der Waals surface area (Å²) in [7, 11) is 0. The van der Waals surface area contributed by atoms with Crippen molar-refractivity contribution in [2.45, 2.75) is 6.10 Å². The van der Waals surface area contributed by atoms with E-state index in [4.69, 9.17) is 9.84 Å². The van der Waals surface area contributed by atoms with E-state index in [0.717, 1.165) is 0 Å². The molecular formula is C14H12FNO4S. The molecule has 0 bridgehead atoms. The van der Waals surface area contributed by atoms with Gasteiger partial charge in [-0.25, -0.2) is 9.18 Å². The van der Waals surface area contributed by atoms with Crippen LogP contribution in [0.2, 0.25) is 0 Å². The Morgan fingerprint density at radius 2 is 2.24 bits per heavy atom. The lowest BCUT2D eigenvalue weighted by Gasteiger charge is -2.30. The van der Waals surface area contributed by atoms with Gasteiger partial charge in [0.2, 0.25) is 0 Å². The van der Waals surface area contributed by atoms with E-state index in [0.29, 0.717) is 21.5 Å². The molecule has 21 heavy (non-hydrogen) atoms. The van der Waals surface area contributed by atoms with E-state index in [9.17, 15) is 14.0 Å². The normalized spacial score (nSPS) is 18.9. The van der Waals surface area contributed by atoms with Gasteiger partial charge in [-0.05, 0) is 18.2 Å². The van der Waals surface area contributed by atoms with Gasteiger partial charge in [-0.2, -0.15) is 0 Å². The minimum Gasteiger partial charge on any atom is -0.479 e. The van der Waals surface area contributed by atoms with Crippen LogP contribution in [-0.2, 0) is 9.53 Å². The monoisotopic (exact) mass is 309 g/mol. The Bertz CT molecular complexity index is 714. The van der Waals surface area contributed by atoms with Gasteiger partial charge in [0.15, 0.2) is 6.10 Å². The van der Waals surface area contributed by atoms with Crippen LogP contribution >= 0.6 is 11.3 Å². The van der Waals surface area contributed by atoms with Crippen molar-refractivity contribution in [3.8, 4) is 0 Å². The molecule has 1 aromatic heterocycles. The van der Waals surface area contributed by atoms with Crippen LogP contribution in [0.5, 0.6) is 0 Å². The van der Waals surface area contributed by atoms with Crippen molar-refractivity contribution >= 4 is 33.3 Å². The summed E-state index contributed by atoms with van der Waals surface area (Å²) in [6.45, 7) is 0.520. The fourth-order valence-corrected chi connectivity index (χ4v) is 3.31. The first-order chi connectivity index (χ1) is 10.1. The minimum atomic E-state index is -1.09. The Morgan fingerprint density at radius 1 is 1.43 bits per heavy atom. The standard InChI is InChI=1S/C14H12FNO4S/c15-9-2-1-3-11-8(9)6-12(21-11)13(17)16-4-5-20-10(7-16)14(18)19/h1-3,6,10H,4-5,7H2,(H,18,19). The largest absolute Gasteiger partial charge is 0.479 e. The topological polar surface area (TPSA) is 66.8 Å². The molecule has 2 heterocycles. The summed E-state index contributed by atoms with van der Waals surface area (Å²) in [4.78, 5) is 25.2. The lowest BCUT2D eigenvalue weighted by molar-refractivity contribution is -0.154. The van der Waals surface area contributed by atoms with Crippen molar-refractivity contribution in [2.24, 2.45) is 0 Å². The third kappa shape index (κ3) is 2.62. The van der Waals surface area contributed by atoms with E-state index in [1.807, 2.05) is 0 Å². The van der Waals surface area contributed by atoms with Crippen molar-refractivity contribution in [3.63, 3.8) is 0 Å². The third-order valence-corrected chi connectivity index (χ3v) is 4.44. The molecule has 0 aliphatic carbocycles. The lowest BCUT2D eigenvalue weighted by Crippen LogP contribution is -2.48. The molecule has 2 aromatic rings. The molecule has 1 atom stereocenters. The number of nitrogens with zero attached hydrogens (tertiary/aromatic N) is 1. The zero-order chi connectivity index (χ0) is 15.0. The van der Waals surface area contributed by atoms with Crippen LogP contribution < -0.4 is 0 Å². The molecular weight excluding hydrogens is 297 g/mol. The van der Waals surface area contributed by atoms with E-state index in [-0.39, 0.29) is 24.9 Å².